The molecule has 4 amide bonds. The van der Waals surface area contributed by atoms with Crippen molar-refractivity contribution in [3.63, 3.8) is 0 Å². The van der Waals surface area contributed by atoms with Gasteiger partial charge in [0.15, 0.2) is 11.6 Å². The van der Waals surface area contributed by atoms with Gasteiger partial charge in [0.05, 0.1) is 62.5 Å². The molecule has 0 bridgehead atoms. The van der Waals surface area contributed by atoms with E-state index in [0.717, 1.165) is 25.0 Å². The number of carbonyl (C=O) groups is 6. The molecule has 0 radical (unpaired) electrons. The van der Waals surface area contributed by atoms with E-state index >= 15 is 0 Å². The molecule has 0 aliphatic carbocycles. The summed E-state index contributed by atoms with van der Waals surface area (Å²) in [4.78, 5) is 79.1. The number of halogens is 5. The Hall–Kier alpha value is -6.43. The summed E-state index contributed by atoms with van der Waals surface area (Å²) in [5.41, 5.74) is 3.36. The fraction of sp³-hybridized carbons (Fsp3) is 0.250. The van der Waals surface area contributed by atoms with Gasteiger partial charge >= 0.3 is 0 Å². The lowest BCUT2D eigenvalue weighted by molar-refractivity contribution is -0.127. The Morgan fingerprint density at radius 3 is 1.41 bits per heavy atom. The minimum absolute atomic E-state index is 0.0341. The van der Waals surface area contributed by atoms with E-state index in [4.69, 9.17) is 67.5 Å². The molecule has 0 aliphatic rings. The van der Waals surface area contributed by atoms with Crippen molar-refractivity contribution in [2.24, 2.45) is 20.5 Å². The number of hydrogen-bond donors (Lipinski definition) is 4. The second-order valence-corrected chi connectivity index (χ2v) is 16.9. The van der Waals surface area contributed by atoms with Gasteiger partial charge < -0.3 is 30.7 Å². The Labute approximate surface area is 422 Å². The standard InChI is InChI=1S/C48H45Cl5N8O8/c1-6-68-41-18-28(23-49)8-15-39(41)56-45(64)34-21-31(10-13-36(34)52)58-60-43(26(4)62)47(66)54-30-12-17-38(33(20-30)25(3)51)55-48(67)44(27(5)63)61-59-32-11-14-37(53)35(22-32)46(65)57-40-16-9-29(24-50)19-42(40)69-7-2/h8-22,25,43-44H,6-7,23-24H2,1-5H3,(H,54,66)(H,55,67)(H,56,64)(H,57,65). The molecule has 21 heteroatoms. The van der Waals surface area contributed by atoms with Crippen molar-refractivity contribution in [2.45, 2.75) is 63.8 Å². The molecular formula is C48H45Cl5N8O8. The van der Waals surface area contributed by atoms with Crippen LogP contribution in [0.2, 0.25) is 10.0 Å². The van der Waals surface area contributed by atoms with E-state index in [0.29, 0.717) is 41.7 Å². The van der Waals surface area contributed by atoms with Crippen LogP contribution < -0.4 is 30.7 Å². The van der Waals surface area contributed by atoms with Crippen LogP contribution in [0.4, 0.5) is 34.1 Å². The van der Waals surface area contributed by atoms with Crippen LogP contribution in [0.5, 0.6) is 11.5 Å². The summed E-state index contributed by atoms with van der Waals surface area (Å²) in [5.74, 6) is -2.83. The van der Waals surface area contributed by atoms with E-state index in [-0.39, 0.29) is 55.7 Å². The average molecular weight is 1040 g/mol. The van der Waals surface area contributed by atoms with Crippen molar-refractivity contribution in [1.82, 2.24) is 0 Å². The molecule has 0 aliphatic heterocycles. The van der Waals surface area contributed by atoms with Crippen LogP contribution in [0.25, 0.3) is 0 Å². The van der Waals surface area contributed by atoms with Gasteiger partial charge in [0.1, 0.15) is 11.5 Å². The number of amides is 4. The first kappa shape index (κ1) is 53.5. The smallest absolute Gasteiger partial charge is 0.258 e. The van der Waals surface area contributed by atoms with E-state index in [1.807, 2.05) is 0 Å². The largest absolute Gasteiger partial charge is 0.492 e. The molecule has 5 rings (SSSR count). The molecule has 0 heterocycles. The second-order valence-electron chi connectivity index (χ2n) is 14.9. The van der Waals surface area contributed by atoms with Gasteiger partial charge in [-0.15, -0.1) is 34.8 Å². The fourth-order valence-corrected chi connectivity index (χ4v) is 7.23. The summed E-state index contributed by atoms with van der Waals surface area (Å²) in [5, 5.41) is 26.4. The molecule has 360 valence electrons. The van der Waals surface area contributed by atoms with Crippen LogP contribution in [0.1, 0.15) is 77.4 Å². The number of nitrogens with zero attached hydrogens (tertiary/aromatic N) is 4. The third-order valence-electron chi connectivity index (χ3n) is 9.74. The number of alkyl halides is 3. The highest BCUT2D eigenvalue weighted by atomic mass is 35.5. The normalized spacial score (nSPS) is 12.5. The first-order valence-corrected chi connectivity index (χ1v) is 23.3. The molecule has 3 atom stereocenters. The van der Waals surface area contributed by atoms with E-state index in [1.54, 1.807) is 57.2 Å². The highest BCUT2D eigenvalue weighted by Crippen LogP contribution is 2.33. The first-order chi connectivity index (χ1) is 33.0. The molecule has 3 unspecified atom stereocenters. The number of rotatable bonds is 21. The third-order valence-corrected chi connectivity index (χ3v) is 11.2. The zero-order valence-electron chi connectivity index (χ0n) is 37.7. The van der Waals surface area contributed by atoms with Crippen molar-refractivity contribution in [2.75, 3.05) is 34.5 Å². The van der Waals surface area contributed by atoms with Crippen LogP contribution >= 0.6 is 58.0 Å². The van der Waals surface area contributed by atoms with Crippen LogP contribution in [-0.4, -0.2) is 60.5 Å². The molecule has 5 aromatic carbocycles. The summed E-state index contributed by atoms with van der Waals surface area (Å²) in [7, 11) is 0. The average Bonchev–Trinajstić information content (AvgIpc) is 3.31. The van der Waals surface area contributed by atoms with Gasteiger partial charge in [-0.05, 0) is 130 Å². The SMILES string of the molecule is CCOc1cc(CCl)ccc1NC(=O)c1cc(N=NC(C(C)=O)C(=O)Nc2ccc(NC(=O)C(N=Nc3ccc(Cl)c(C(=O)Nc4ccc(CCl)cc4OCC)c3)C(C)=O)c(C(C)Cl)c2)ccc1Cl. The highest BCUT2D eigenvalue weighted by Gasteiger charge is 2.27. The maximum Gasteiger partial charge on any atom is 0.258 e. The lowest BCUT2D eigenvalue weighted by atomic mass is 10.1. The second kappa shape index (κ2) is 25.3. The van der Waals surface area contributed by atoms with Crippen LogP contribution in [0.3, 0.4) is 0 Å². The molecule has 0 fully saturated rings. The zero-order valence-corrected chi connectivity index (χ0v) is 41.4. The lowest BCUT2D eigenvalue weighted by Gasteiger charge is -2.17. The molecule has 0 saturated carbocycles. The summed E-state index contributed by atoms with van der Waals surface area (Å²) >= 11 is 31.2. The predicted octanol–water partition coefficient (Wildman–Crippen LogP) is 12.4. The number of hydrogen-bond acceptors (Lipinski definition) is 12. The van der Waals surface area contributed by atoms with E-state index in [2.05, 4.69) is 41.7 Å². The minimum Gasteiger partial charge on any atom is -0.492 e. The van der Waals surface area contributed by atoms with Crippen LogP contribution in [0.15, 0.2) is 111 Å². The highest BCUT2D eigenvalue weighted by molar-refractivity contribution is 6.35. The maximum atomic E-state index is 13.5. The third kappa shape index (κ3) is 14.5. The Bertz CT molecular complexity index is 2820. The Morgan fingerprint density at radius 2 is 1.00 bits per heavy atom. The number of ketones is 2. The van der Waals surface area contributed by atoms with Crippen molar-refractivity contribution < 1.29 is 38.2 Å². The molecule has 0 aromatic heterocycles. The quantitative estimate of drug-likeness (QED) is 0.0314. The van der Waals surface area contributed by atoms with Gasteiger partial charge in [-0.3, -0.25) is 28.8 Å². The molecule has 4 N–H and O–H groups in total. The maximum absolute atomic E-state index is 13.5. The molecule has 5 aromatic rings. The van der Waals surface area contributed by atoms with E-state index in [9.17, 15) is 28.8 Å². The monoisotopic (exact) mass is 1040 g/mol. The topological polar surface area (TPSA) is 218 Å². The van der Waals surface area contributed by atoms with Crippen molar-refractivity contribution in [3.8, 4) is 11.5 Å². The van der Waals surface area contributed by atoms with Crippen LogP contribution in [0, 0.1) is 0 Å². The van der Waals surface area contributed by atoms with Gasteiger partial charge in [0.2, 0.25) is 12.1 Å². The summed E-state index contributed by atoms with van der Waals surface area (Å²) < 4.78 is 11.3. The van der Waals surface area contributed by atoms with Gasteiger partial charge in [-0.25, -0.2) is 0 Å². The Morgan fingerprint density at radius 1 is 0.565 bits per heavy atom. The molecule has 69 heavy (non-hydrogen) atoms. The molecule has 16 nitrogen and oxygen atoms in total. The first-order valence-electron chi connectivity index (χ1n) is 21.0. The van der Waals surface area contributed by atoms with Crippen molar-refractivity contribution in [1.29, 1.82) is 0 Å². The van der Waals surface area contributed by atoms with Gasteiger partial charge in [0.25, 0.3) is 23.6 Å². The predicted molar refractivity (Wildman–Crippen MR) is 269 cm³/mol. The van der Waals surface area contributed by atoms with Crippen LogP contribution in [-0.2, 0) is 30.9 Å². The Kier molecular flexibility index (Phi) is 19.6. The fourth-order valence-electron chi connectivity index (χ4n) is 6.31. The van der Waals surface area contributed by atoms with Gasteiger partial charge in [-0.1, -0.05) is 35.3 Å². The lowest BCUT2D eigenvalue weighted by Crippen LogP contribution is -2.32. The number of Topliss-reactive ketones (excluding diaryl/α,β-unsaturated/α-hetero) is 2. The number of azo groups is 2. The van der Waals surface area contributed by atoms with Gasteiger partial charge in [0, 0.05) is 23.1 Å². The number of ether oxygens (including phenoxy) is 2. The number of carbonyl (C=O) groups excluding carboxylic acids is 6. The summed E-state index contributed by atoms with van der Waals surface area (Å²) in [6.45, 7) is 8.22. The van der Waals surface area contributed by atoms with Crippen molar-refractivity contribution in [3.05, 3.63) is 129 Å². The van der Waals surface area contributed by atoms with E-state index < -0.39 is 52.7 Å². The number of anilines is 4. The molecular weight excluding hydrogens is 994 g/mol. The van der Waals surface area contributed by atoms with E-state index in [1.165, 1.54) is 54.6 Å². The molecule has 0 saturated heterocycles. The molecule has 0 spiro atoms. The zero-order chi connectivity index (χ0) is 50.4. The summed E-state index contributed by atoms with van der Waals surface area (Å²) in [6.07, 6.45) is 0. The van der Waals surface area contributed by atoms with Crippen molar-refractivity contribution >= 4 is 127 Å². The number of nitrogens with one attached hydrogen (secondary N) is 4. The van der Waals surface area contributed by atoms with Gasteiger partial charge in [-0.2, -0.15) is 20.5 Å². The summed E-state index contributed by atoms with van der Waals surface area (Å²) in [6, 6.07) is 19.8. The minimum atomic E-state index is -1.63. The Balaban J connectivity index is 1.28. The number of benzene rings is 5.